The van der Waals surface area contributed by atoms with E-state index in [9.17, 15) is 4.79 Å². The molecule has 0 aliphatic heterocycles. The fourth-order valence-corrected chi connectivity index (χ4v) is 0.883. The van der Waals surface area contributed by atoms with Crippen molar-refractivity contribution < 1.29 is 4.79 Å². The summed E-state index contributed by atoms with van der Waals surface area (Å²) in [6.45, 7) is 14.0. The zero-order valence-corrected chi connectivity index (χ0v) is 8.05. The van der Waals surface area contributed by atoms with Crippen LogP contribution < -0.4 is 0 Å². The predicted octanol–water partition coefficient (Wildman–Crippen LogP) is 2.62. The third kappa shape index (κ3) is 2.52. The zero-order chi connectivity index (χ0) is 11.1. The summed E-state index contributed by atoms with van der Waals surface area (Å²) >= 11 is 0. The van der Waals surface area contributed by atoms with E-state index < -0.39 is 5.78 Å². The quantitative estimate of drug-likeness (QED) is 0.387. The highest BCUT2D eigenvalue weighted by Crippen LogP contribution is 2.10. The number of nitrogens with one attached hydrogen (secondary N) is 1. The van der Waals surface area contributed by atoms with Gasteiger partial charge in [-0.05, 0) is 11.6 Å². The highest BCUT2D eigenvalue weighted by molar-refractivity contribution is 6.49. The van der Waals surface area contributed by atoms with Gasteiger partial charge in [0.15, 0.2) is 0 Å². The van der Waals surface area contributed by atoms with Gasteiger partial charge in [-0.1, -0.05) is 44.5 Å². The Balaban J connectivity index is 5.37. The van der Waals surface area contributed by atoms with Crippen LogP contribution in [0.3, 0.4) is 0 Å². The lowest BCUT2D eigenvalue weighted by atomic mass is 10.0. The molecule has 0 rings (SSSR count). The SMILES string of the molecule is C=CC(=N)C(=O)C(C=C)=C(C=C)C=C. The normalized spacial score (nSPS) is 8.29. The van der Waals surface area contributed by atoms with Crippen LogP contribution in [0.4, 0.5) is 0 Å². The lowest BCUT2D eigenvalue weighted by Gasteiger charge is -2.02. The fourth-order valence-electron chi connectivity index (χ4n) is 0.883. The van der Waals surface area contributed by atoms with Crippen LogP contribution in [-0.4, -0.2) is 11.5 Å². The standard InChI is InChI=1S/C12H13NO/c1-5-9(6-2)10(7-3)12(14)11(13)8-4/h5-8,13H,1-4H2. The Morgan fingerprint density at radius 1 is 0.929 bits per heavy atom. The Morgan fingerprint density at radius 3 is 1.71 bits per heavy atom. The first-order chi connectivity index (χ1) is 6.62. The van der Waals surface area contributed by atoms with Gasteiger partial charge in [0.2, 0.25) is 5.78 Å². The monoisotopic (exact) mass is 187 g/mol. The van der Waals surface area contributed by atoms with E-state index in [1.165, 1.54) is 24.3 Å². The maximum absolute atomic E-state index is 11.5. The summed E-state index contributed by atoms with van der Waals surface area (Å²) in [6.07, 6.45) is 5.57. The van der Waals surface area contributed by atoms with Gasteiger partial charge in [-0.15, -0.1) is 0 Å². The van der Waals surface area contributed by atoms with Gasteiger partial charge in [0, 0.05) is 5.57 Å². The molecule has 1 N–H and O–H groups in total. The van der Waals surface area contributed by atoms with Crippen molar-refractivity contribution >= 4 is 11.5 Å². The Bertz CT molecular complexity index is 335. The van der Waals surface area contributed by atoms with Crippen LogP contribution in [0.2, 0.25) is 0 Å². The highest BCUT2D eigenvalue weighted by Gasteiger charge is 2.11. The van der Waals surface area contributed by atoms with Crippen molar-refractivity contribution in [2.75, 3.05) is 0 Å². The molecule has 0 saturated carbocycles. The van der Waals surface area contributed by atoms with Crippen molar-refractivity contribution in [2.24, 2.45) is 0 Å². The molecule has 0 amide bonds. The molecule has 0 aromatic carbocycles. The molecule has 0 aliphatic carbocycles. The van der Waals surface area contributed by atoms with Crippen molar-refractivity contribution in [3.05, 3.63) is 61.8 Å². The average Bonchev–Trinajstić information content (AvgIpc) is 2.23. The number of allylic oxidation sites excluding steroid dienone is 6. The molecule has 0 saturated heterocycles. The lowest BCUT2D eigenvalue weighted by Crippen LogP contribution is -2.12. The van der Waals surface area contributed by atoms with Crippen LogP contribution in [0.15, 0.2) is 61.8 Å². The molecule has 0 aliphatic rings. The summed E-state index contributed by atoms with van der Waals surface area (Å²) in [7, 11) is 0. The molecule has 14 heavy (non-hydrogen) atoms. The molecular weight excluding hydrogens is 174 g/mol. The molecule has 0 unspecified atom stereocenters. The molecule has 0 heterocycles. The topological polar surface area (TPSA) is 40.9 Å². The highest BCUT2D eigenvalue weighted by atomic mass is 16.1. The Hall–Kier alpha value is -1.96. The molecule has 72 valence electrons. The van der Waals surface area contributed by atoms with E-state index >= 15 is 0 Å². The molecule has 0 atom stereocenters. The summed E-state index contributed by atoms with van der Waals surface area (Å²) in [6, 6.07) is 0. The van der Waals surface area contributed by atoms with Gasteiger partial charge in [-0.2, -0.15) is 0 Å². The number of Topliss-reactive ketones (excluding diaryl/α,β-unsaturated/α-hetero) is 1. The third-order valence-corrected chi connectivity index (χ3v) is 1.65. The minimum Gasteiger partial charge on any atom is -0.297 e. The molecule has 0 fully saturated rings. The van der Waals surface area contributed by atoms with Gasteiger partial charge in [0.05, 0.1) is 0 Å². The van der Waals surface area contributed by atoms with Gasteiger partial charge in [0.25, 0.3) is 0 Å². The molecule has 2 nitrogen and oxygen atoms in total. The van der Waals surface area contributed by atoms with E-state index in [4.69, 9.17) is 5.41 Å². The number of carbonyl (C=O) groups is 1. The second-order valence-electron chi connectivity index (χ2n) is 2.43. The summed E-state index contributed by atoms with van der Waals surface area (Å²) < 4.78 is 0. The van der Waals surface area contributed by atoms with Crippen LogP contribution in [0, 0.1) is 5.41 Å². The van der Waals surface area contributed by atoms with Gasteiger partial charge < -0.3 is 0 Å². The van der Waals surface area contributed by atoms with Crippen molar-refractivity contribution in [1.29, 1.82) is 5.41 Å². The Morgan fingerprint density at radius 2 is 1.43 bits per heavy atom. The molecule has 2 heteroatoms. The van der Waals surface area contributed by atoms with Gasteiger partial charge in [0.1, 0.15) is 5.71 Å². The number of carbonyl (C=O) groups excluding carboxylic acids is 1. The van der Waals surface area contributed by atoms with E-state index in [1.54, 1.807) is 0 Å². The van der Waals surface area contributed by atoms with Crippen molar-refractivity contribution in [3.63, 3.8) is 0 Å². The van der Waals surface area contributed by atoms with Gasteiger partial charge >= 0.3 is 0 Å². The van der Waals surface area contributed by atoms with Gasteiger partial charge in [-0.25, -0.2) is 0 Å². The maximum atomic E-state index is 11.5. The van der Waals surface area contributed by atoms with E-state index in [0.29, 0.717) is 11.1 Å². The smallest absolute Gasteiger partial charge is 0.211 e. The second-order valence-corrected chi connectivity index (χ2v) is 2.43. The van der Waals surface area contributed by atoms with E-state index in [0.717, 1.165) is 0 Å². The summed E-state index contributed by atoms with van der Waals surface area (Å²) in [5.41, 5.74) is 0.720. The minimum absolute atomic E-state index is 0.166. The molecule has 0 spiro atoms. The van der Waals surface area contributed by atoms with Crippen LogP contribution >= 0.6 is 0 Å². The molecule has 0 aromatic heterocycles. The second kappa shape index (κ2) is 5.65. The van der Waals surface area contributed by atoms with Crippen LogP contribution in [-0.2, 0) is 4.79 Å². The zero-order valence-electron chi connectivity index (χ0n) is 8.05. The van der Waals surface area contributed by atoms with E-state index in [1.807, 2.05) is 0 Å². The molecule has 0 bridgehead atoms. The molecule has 0 aromatic rings. The van der Waals surface area contributed by atoms with Crippen LogP contribution in [0.1, 0.15) is 0 Å². The summed E-state index contributed by atoms with van der Waals surface area (Å²) in [4.78, 5) is 11.5. The van der Waals surface area contributed by atoms with Crippen LogP contribution in [0.25, 0.3) is 0 Å². The Labute approximate surface area is 84.2 Å². The van der Waals surface area contributed by atoms with Crippen LogP contribution in [0.5, 0.6) is 0 Å². The summed E-state index contributed by atoms with van der Waals surface area (Å²) in [5, 5.41) is 7.30. The number of hydrogen-bond donors (Lipinski definition) is 1. The predicted molar refractivity (Wildman–Crippen MR) is 60.5 cm³/mol. The third-order valence-electron chi connectivity index (χ3n) is 1.65. The van der Waals surface area contributed by atoms with Gasteiger partial charge in [-0.3, -0.25) is 10.2 Å². The van der Waals surface area contributed by atoms with Crippen molar-refractivity contribution in [2.45, 2.75) is 0 Å². The largest absolute Gasteiger partial charge is 0.297 e. The summed E-state index contributed by atoms with van der Waals surface area (Å²) in [5.74, 6) is -0.426. The number of hydrogen-bond acceptors (Lipinski definition) is 2. The first kappa shape index (κ1) is 12.0. The first-order valence-electron chi connectivity index (χ1n) is 3.99. The fraction of sp³-hybridized carbons (Fsp3) is 0. The molecular formula is C12H13NO. The Kier molecular flexibility index (Phi) is 4.86. The van der Waals surface area contributed by atoms with E-state index in [2.05, 4.69) is 26.3 Å². The maximum Gasteiger partial charge on any atom is 0.211 e. The van der Waals surface area contributed by atoms with E-state index in [-0.39, 0.29) is 5.71 Å². The number of ketones is 1. The molecule has 0 radical (unpaired) electrons. The van der Waals surface area contributed by atoms with Crippen molar-refractivity contribution in [3.8, 4) is 0 Å². The minimum atomic E-state index is -0.426. The first-order valence-corrected chi connectivity index (χ1v) is 3.99. The van der Waals surface area contributed by atoms with Crippen molar-refractivity contribution in [1.82, 2.24) is 0 Å². The average molecular weight is 187 g/mol. The lowest BCUT2D eigenvalue weighted by molar-refractivity contribution is -0.109. The number of rotatable bonds is 6.